The van der Waals surface area contributed by atoms with Crippen LogP contribution in [-0.4, -0.2) is 27.5 Å². The van der Waals surface area contributed by atoms with Crippen LogP contribution in [0.2, 0.25) is 0 Å². The van der Waals surface area contributed by atoms with E-state index < -0.39 is 12.6 Å². The van der Waals surface area contributed by atoms with Crippen LogP contribution in [0, 0.1) is 0 Å². The maximum absolute atomic E-state index is 11.4. The molecule has 3 aromatic rings. The first kappa shape index (κ1) is 13.5. The number of aryl methyl sites for hydroxylation is 1. The molecule has 0 N–H and O–H groups in total. The Hall–Kier alpha value is -2.95. The highest BCUT2D eigenvalue weighted by atomic mass is 16.5. The van der Waals surface area contributed by atoms with E-state index in [1.54, 1.807) is 17.9 Å². The number of nitrogens with zero attached hydrogens (tertiary/aromatic N) is 3. The van der Waals surface area contributed by atoms with E-state index in [1.165, 1.54) is 0 Å². The van der Waals surface area contributed by atoms with Crippen LogP contribution in [0.5, 0.6) is 0 Å². The minimum atomic E-state index is -1.03. The number of aromatic nitrogens is 3. The third-order valence-electron chi connectivity index (χ3n) is 4.51. The van der Waals surface area contributed by atoms with E-state index in [4.69, 9.17) is 6.11 Å². The second-order valence-electron chi connectivity index (χ2n) is 5.98. The van der Waals surface area contributed by atoms with Gasteiger partial charge >= 0.3 is 0 Å². The molecular weight excluding hydrogens is 302 g/mol. The first-order valence-electron chi connectivity index (χ1n) is 8.34. The largest absolute Gasteiger partial charge is 0.463 e. The number of benzene rings is 2. The van der Waals surface area contributed by atoms with Gasteiger partial charge in [-0.3, -0.25) is 9.48 Å². The van der Waals surface area contributed by atoms with Crippen molar-refractivity contribution in [2.75, 3.05) is 0 Å². The average molecular weight is 320 g/mol. The van der Waals surface area contributed by atoms with Crippen molar-refractivity contribution in [3.63, 3.8) is 0 Å². The summed E-state index contributed by atoms with van der Waals surface area (Å²) in [5.74, 6) is -0.122. The molecule has 0 fully saturated rings. The van der Waals surface area contributed by atoms with Crippen molar-refractivity contribution in [2.45, 2.75) is 18.4 Å². The third kappa shape index (κ3) is 2.38. The van der Waals surface area contributed by atoms with Gasteiger partial charge in [-0.25, -0.2) is 0 Å². The third-order valence-corrected chi connectivity index (χ3v) is 4.51. The SMILES string of the molecule is [2H]C(=O)OC(Cc1cn(C)nn1)C1c2ccccc2-c2ccccc21. The predicted octanol–water partition coefficient (Wildman–Crippen LogP) is 2.71. The molecular formula is C19H17N3O2. The van der Waals surface area contributed by atoms with Crippen molar-refractivity contribution in [3.8, 4) is 11.1 Å². The number of carbonyl (C=O) groups excluding carboxylic acids is 1. The standard InChI is InChI=1S/C19H17N3O2/c1-22-11-13(20-21-22)10-18(24-12-23)19-16-8-4-2-6-14(16)15-7-3-5-9-17(15)19/h2-9,11-12,18-19H,10H2,1H3/i12D. The molecule has 0 saturated carbocycles. The lowest BCUT2D eigenvalue weighted by Crippen LogP contribution is -2.24. The van der Waals surface area contributed by atoms with Gasteiger partial charge < -0.3 is 4.74 Å². The summed E-state index contributed by atoms with van der Waals surface area (Å²) in [4.78, 5) is 11.4. The quantitative estimate of drug-likeness (QED) is 0.694. The molecule has 0 radical (unpaired) electrons. The van der Waals surface area contributed by atoms with E-state index in [1.807, 2.05) is 24.3 Å². The van der Waals surface area contributed by atoms with Gasteiger partial charge in [0.15, 0.2) is 1.37 Å². The highest BCUT2D eigenvalue weighted by Crippen LogP contribution is 2.47. The molecule has 0 aliphatic heterocycles. The molecule has 2 aromatic carbocycles. The summed E-state index contributed by atoms with van der Waals surface area (Å²) in [6, 6.07) is 16.3. The zero-order chi connectivity index (χ0) is 17.4. The van der Waals surface area contributed by atoms with Gasteiger partial charge in [0.25, 0.3) is 6.45 Å². The van der Waals surface area contributed by atoms with Crippen molar-refractivity contribution >= 4 is 6.45 Å². The molecule has 0 bridgehead atoms. The highest BCUT2D eigenvalue weighted by Gasteiger charge is 2.35. The lowest BCUT2D eigenvalue weighted by atomic mass is 9.89. The normalized spacial score (nSPS) is 14.6. The minimum absolute atomic E-state index is 0.122. The summed E-state index contributed by atoms with van der Waals surface area (Å²) in [5.41, 5.74) is 5.25. The van der Waals surface area contributed by atoms with E-state index in [9.17, 15) is 4.79 Å². The van der Waals surface area contributed by atoms with Gasteiger partial charge in [-0.2, -0.15) is 0 Å². The van der Waals surface area contributed by atoms with E-state index in [0.29, 0.717) is 6.42 Å². The minimum Gasteiger partial charge on any atom is -0.463 e. The zero-order valence-electron chi connectivity index (χ0n) is 14.2. The van der Waals surface area contributed by atoms with E-state index in [2.05, 4.69) is 34.6 Å². The number of rotatable bonds is 4. The Morgan fingerprint density at radius 2 is 1.83 bits per heavy atom. The Labute approximate surface area is 141 Å². The summed E-state index contributed by atoms with van der Waals surface area (Å²) in [6.45, 7) is 0. The van der Waals surface area contributed by atoms with Crippen LogP contribution >= 0.6 is 0 Å². The van der Waals surface area contributed by atoms with Crippen LogP contribution in [0.4, 0.5) is 0 Å². The molecule has 1 aromatic heterocycles. The highest BCUT2D eigenvalue weighted by molar-refractivity contribution is 5.79. The molecule has 1 heterocycles. The van der Waals surface area contributed by atoms with Gasteiger partial charge in [0, 0.05) is 25.6 Å². The second kappa shape index (κ2) is 5.92. The van der Waals surface area contributed by atoms with Gasteiger partial charge in [-0.15, -0.1) is 5.10 Å². The van der Waals surface area contributed by atoms with Crippen molar-refractivity contribution in [1.29, 1.82) is 0 Å². The summed E-state index contributed by atoms with van der Waals surface area (Å²) in [6.07, 6.45) is 0.672. The van der Waals surface area contributed by atoms with Gasteiger partial charge in [0.1, 0.15) is 6.10 Å². The summed E-state index contributed by atoms with van der Waals surface area (Å²) in [7, 11) is 1.79. The molecule has 5 nitrogen and oxygen atoms in total. The molecule has 1 aliphatic rings. The van der Waals surface area contributed by atoms with E-state index in [-0.39, 0.29) is 5.92 Å². The van der Waals surface area contributed by atoms with E-state index in [0.717, 1.165) is 27.9 Å². The van der Waals surface area contributed by atoms with Gasteiger partial charge in [0.2, 0.25) is 0 Å². The van der Waals surface area contributed by atoms with Crippen molar-refractivity contribution < 1.29 is 10.9 Å². The van der Waals surface area contributed by atoms with Crippen LogP contribution < -0.4 is 0 Å². The monoisotopic (exact) mass is 320 g/mol. The Kier molecular flexibility index (Phi) is 3.33. The molecule has 1 atom stereocenters. The number of fused-ring (bicyclic) bond motifs is 3. The van der Waals surface area contributed by atoms with Crippen molar-refractivity contribution in [1.82, 2.24) is 15.0 Å². The lowest BCUT2D eigenvalue weighted by molar-refractivity contribution is -0.134. The van der Waals surface area contributed by atoms with Crippen molar-refractivity contribution in [2.24, 2.45) is 7.05 Å². The molecule has 0 spiro atoms. The van der Waals surface area contributed by atoms with Gasteiger partial charge in [-0.1, -0.05) is 53.7 Å². The van der Waals surface area contributed by atoms with Gasteiger partial charge in [-0.05, 0) is 22.3 Å². The fourth-order valence-corrected chi connectivity index (χ4v) is 3.58. The molecule has 1 unspecified atom stereocenters. The zero-order valence-corrected chi connectivity index (χ0v) is 13.2. The Morgan fingerprint density at radius 1 is 1.21 bits per heavy atom. The van der Waals surface area contributed by atoms with Crippen molar-refractivity contribution in [3.05, 3.63) is 71.5 Å². The number of ether oxygens (including phenoxy) is 1. The number of hydrogen-bond donors (Lipinski definition) is 0. The summed E-state index contributed by atoms with van der Waals surface area (Å²) < 4.78 is 14.3. The second-order valence-corrected chi connectivity index (χ2v) is 5.98. The Balaban J connectivity index is 1.79. The van der Waals surface area contributed by atoms with Crippen LogP contribution in [-0.2, 0) is 23.0 Å². The number of carbonyl (C=O) groups is 1. The molecule has 0 amide bonds. The maximum atomic E-state index is 11.4. The first-order chi connectivity index (χ1) is 12.1. The smallest absolute Gasteiger partial charge is 0.293 e. The number of hydrogen-bond acceptors (Lipinski definition) is 4. The van der Waals surface area contributed by atoms with Crippen LogP contribution in [0.15, 0.2) is 54.7 Å². The van der Waals surface area contributed by atoms with Crippen LogP contribution in [0.3, 0.4) is 0 Å². The fourth-order valence-electron chi connectivity index (χ4n) is 3.58. The Morgan fingerprint density at radius 3 is 2.38 bits per heavy atom. The molecule has 24 heavy (non-hydrogen) atoms. The molecule has 1 aliphatic carbocycles. The van der Waals surface area contributed by atoms with E-state index >= 15 is 0 Å². The predicted molar refractivity (Wildman–Crippen MR) is 89.4 cm³/mol. The molecule has 5 heteroatoms. The van der Waals surface area contributed by atoms with Crippen LogP contribution in [0.1, 0.15) is 24.1 Å². The molecule has 4 rings (SSSR count). The Bertz CT molecular complexity index is 892. The average Bonchev–Trinajstić information content (AvgIpc) is 3.15. The summed E-state index contributed by atoms with van der Waals surface area (Å²) >= 11 is 0. The topological polar surface area (TPSA) is 57.0 Å². The lowest BCUT2D eigenvalue weighted by Gasteiger charge is -2.23. The molecule has 0 saturated heterocycles. The van der Waals surface area contributed by atoms with Gasteiger partial charge in [0.05, 0.1) is 5.69 Å². The first-order valence-corrected chi connectivity index (χ1v) is 7.84. The van der Waals surface area contributed by atoms with Crippen LogP contribution in [0.25, 0.3) is 11.1 Å². The fraction of sp³-hybridized carbons (Fsp3) is 0.211. The maximum Gasteiger partial charge on any atom is 0.293 e. The summed E-state index contributed by atoms with van der Waals surface area (Å²) in [5, 5.41) is 8.05. The molecule has 120 valence electrons.